The van der Waals surface area contributed by atoms with Crippen molar-refractivity contribution in [2.24, 2.45) is 0 Å². The van der Waals surface area contributed by atoms with Crippen LogP contribution in [0, 0.1) is 0 Å². The molecule has 0 bridgehead atoms. The summed E-state index contributed by atoms with van der Waals surface area (Å²) in [6.45, 7) is 6.68. The van der Waals surface area contributed by atoms with E-state index in [1.807, 2.05) is 25.3 Å². The largest absolute Gasteiger partial charge is 0.383 e. The second-order valence-corrected chi connectivity index (χ2v) is 4.98. The van der Waals surface area contributed by atoms with Crippen LogP contribution < -0.4 is 5.73 Å². The van der Waals surface area contributed by atoms with Crippen LogP contribution in [-0.2, 0) is 10.3 Å². The third kappa shape index (κ3) is 2.12. The summed E-state index contributed by atoms with van der Waals surface area (Å²) in [6, 6.07) is 1.95. The monoisotopic (exact) mass is 251 g/mol. The average Bonchev–Trinajstić information content (AvgIpc) is 2.78. The fraction of sp³-hybridized carbons (Fsp3) is 0.500. The third-order valence-electron chi connectivity index (χ3n) is 2.97. The topological polar surface area (TPSA) is 61.0 Å². The van der Waals surface area contributed by atoms with E-state index in [1.54, 1.807) is 11.3 Å². The lowest BCUT2D eigenvalue weighted by Gasteiger charge is -2.26. The molecule has 0 saturated carbocycles. The highest BCUT2D eigenvalue weighted by molar-refractivity contribution is 7.16. The standard InChI is InChI=1S/C12H17N3OS/c1-4-12(3,16-5-2)11-14-9(13)8-6-7-17-10(8)15-11/h6-7H,4-5H2,1-3H3,(H2,13,14,15). The Labute approximate surface area is 105 Å². The van der Waals surface area contributed by atoms with Gasteiger partial charge in [0.1, 0.15) is 16.2 Å². The lowest BCUT2D eigenvalue weighted by Crippen LogP contribution is -2.28. The van der Waals surface area contributed by atoms with E-state index in [2.05, 4.69) is 16.9 Å². The van der Waals surface area contributed by atoms with Gasteiger partial charge in [-0.1, -0.05) is 6.92 Å². The number of hydrogen-bond acceptors (Lipinski definition) is 5. The smallest absolute Gasteiger partial charge is 0.163 e. The van der Waals surface area contributed by atoms with E-state index in [0.29, 0.717) is 18.2 Å². The number of ether oxygens (including phenoxy) is 1. The number of fused-ring (bicyclic) bond motifs is 1. The van der Waals surface area contributed by atoms with Crippen molar-refractivity contribution in [3.63, 3.8) is 0 Å². The molecule has 0 amide bonds. The van der Waals surface area contributed by atoms with Gasteiger partial charge in [-0.05, 0) is 31.7 Å². The fourth-order valence-corrected chi connectivity index (χ4v) is 2.53. The molecular formula is C12H17N3OS. The zero-order valence-corrected chi connectivity index (χ0v) is 11.2. The predicted octanol–water partition coefficient (Wildman–Crippen LogP) is 2.94. The lowest BCUT2D eigenvalue weighted by atomic mass is 10.0. The minimum absolute atomic E-state index is 0.457. The maximum atomic E-state index is 5.95. The normalized spacial score (nSPS) is 15.0. The molecule has 0 fully saturated rings. The number of thiophene rings is 1. The Morgan fingerprint density at radius 3 is 2.82 bits per heavy atom. The Morgan fingerprint density at radius 2 is 2.18 bits per heavy atom. The Balaban J connectivity index is 2.53. The molecule has 2 aromatic heterocycles. The fourth-order valence-electron chi connectivity index (χ4n) is 1.76. The van der Waals surface area contributed by atoms with Crippen molar-refractivity contribution in [2.75, 3.05) is 12.3 Å². The number of anilines is 1. The molecule has 5 heteroatoms. The molecule has 17 heavy (non-hydrogen) atoms. The van der Waals surface area contributed by atoms with E-state index in [-0.39, 0.29) is 0 Å². The van der Waals surface area contributed by atoms with E-state index in [4.69, 9.17) is 10.5 Å². The summed E-state index contributed by atoms with van der Waals surface area (Å²) in [5.41, 5.74) is 5.49. The summed E-state index contributed by atoms with van der Waals surface area (Å²) in [7, 11) is 0. The average molecular weight is 251 g/mol. The molecule has 1 unspecified atom stereocenters. The van der Waals surface area contributed by atoms with Gasteiger partial charge in [-0.25, -0.2) is 9.97 Å². The van der Waals surface area contributed by atoms with Crippen LogP contribution in [0.1, 0.15) is 33.0 Å². The maximum Gasteiger partial charge on any atom is 0.163 e. The van der Waals surface area contributed by atoms with Crippen LogP contribution in [0.3, 0.4) is 0 Å². The van der Waals surface area contributed by atoms with Crippen LogP contribution in [0.2, 0.25) is 0 Å². The molecule has 4 nitrogen and oxygen atoms in total. The van der Waals surface area contributed by atoms with E-state index < -0.39 is 5.60 Å². The SMILES string of the molecule is CCOC(C)(CC)c1nc(N)c2ccsc2n1. The predicted molar refractivity (Wildman–Crippen MR) is 71.1 cm³/mol. The molecule has 0 aliphatic rings. The Kier molecular flexibility index (Phi) is 3.31. The number of nitrogens with two attached hydrogens (primary N) is 1. The molecule has 1 atom stereocenters. The van der Waals surface area contributed by atoms with Crippen LogP contribution >= 0.6 is 11.3 Å². The van der Waals surface area contributed by atoms with Crippen molar-refractivity contribution in [2.45, 2.75) is 32.8 Å². The third-order valence-corrected chi connectivity index (χ3v) is 3.77. The van der Waals surface area contributed by atoms with Crippen LogP contribution in [0.5, 0.6) is 0 Å². The molecule has 2 rings (SSSR count). The van der Waals surface area contributed by atoms with E-state index >= 15 is 0 Å². The Morgan fingerprint density at radius 1 is 1.41 bits per heavy atom. The van der Waals surface area contributed by atoms with Gasteiger partial charge in [-0.2, -0.15) is 0 Å². The highest BCUT2D eigenvalue weighted by Crippen LogP contribution is 2.30. The summed E-state index contributed by atoms with van der Waals surface area (Å²) < 4.78 is 5.77. The Bertz CT molecular complexity index is 525. The van der Waals surface area contributed by atoms with Crippen LogP contribution in [0.4, 0.5) is 5.82 Å². The van der Waals surface area contributed by atoms with Crippen molar-refractivity contribution in [3.05, 3.63) is 17.3 Å². The maximum absolute atomic E-state index is 5.95. The zero-order chi connectivity index (χ0) is 12.5. The summed E-state index contributed by atoms with van der Waals surface area (Å²) in [5, 5.41) is 2.90. The van der Waals surface area contributed by atoms with Crippen molar-refractivity contribution < 1.29 is 4.74 Å². The molecule has 2 aromatic rings. The van der Waals surface area contributed by atoms with Gasteiger partial charge in [0, 0.05) is 6.61 Å². The second kappa shape index (κ2) is 4.58. The highest BCUT2D eigenvalue weighted by atomic mass is 32.1. The van der Waals surface area contributed by atoms with Gasteiger partial charge in [0.25, 0.3) is 0 Å². The van der Waals surface area contributed by atoms with Gasteiger partial charge < -0.3 is 10.5 Å². The molecule has 0 aliphatic carbocycles. The number of aromatic nitrogens is 2. The molecule has 0 aromatic carbocycles. The minimum atomic E-state index is -0.457. The molecule has 92 valence electrons. The van der Waals surface area contributed by atoms with Crippen LogP contribution in [-0.4, -0.2) is 16.6 Å². The molecule has 0 saturated heterocycles. The van der Waals surface area contributed by atoms with Crippen molar-refractivity contribution in [3.8, 4) is 0 Å². The van der Waals surface area contributed by atoms with Gasteiger partial charge in [-0.15, -0.1) is 11.3 Å². The zero-order valence-electron chi connectivity index (χ0n) is 10.4. The van der Waals surface area contributed by atoms with Gasteiger partial charge in [0.15, 0.2) is 5.82 Å². The summed E-state index contributed by atoms with van der Waals surface area (Å²) >= 11 is 1.57. The number of nitrogen functional groups attached to an aromatic ring is 1. The van der Waals surface area contributed by atoms with Crippen molar-refractivity contribution in [1.29, 1.82) is 0 Å². The first-order valence-electron chi connectivity index (χ1n) is 5.76. The van der Waals surface area contributed by atoms with Crippen molar-refractivity contribution in [1.82, 2.24) is 9.97 Å². The highest BCUT2D eigenvalue weighted by Gasteiger charge is 2.29. The molecule has 2 N–H and O–H groups in total. The number of hydrogen-bond donors (Lipinski definition) is 1. The summed E-state index contributed by atoms with van der Waals surface area (Å²) in [5.74, 6) is 1.21. The number of rotatable bonds is 4. The van der Waals surface area contributed by atoms with Crippen LogP contribution in [0.25, 0.3) is 10.2 Å². The first-order valence-corrected chi connectivity index (χ1v) is 6.64. The minimum Gasteiger partial charge on any atom is -0.383 e. The molecule has 0 spiro atoms. The molecule has 2 heterocycles. The lowest BCUT2D eigenvalue weighted by molar-refractivity contribution is -0.0386. The summed E-state index contributed by atoms with van der Waals surface area (Å²) in [4.78, 5) is 9.87. The quantitative estimate of drug-likeness (QED) is 0.907. The van der Waals surface area contributed by atoms with E-state index in [0.717, 1.165) is 16.6 Å². The van der Waals surface area contributed by atoms with Gasteiger partial charge >= 0.3 is 0 Å². The van der Waals surface area contributed by atoms with E-state index in [1.165, 1.54) is 0 Å². The van der Waals surface area contributed by atoms with Gasteiger partial charge in [0.05, 0.1) is 5.39 Å². The molecule has 0 radical (unpaired) electrons. The van der Waals surface area contributed by atoms with Crippen LogP contribution in [0.15, 0.2) is 11.4 Å². The molecular weight excluding hydrogens is 234 g/mol. The molecule has 0 aliphatic heterocycles. The van der Waals surface area contributed by atoms with Crippen molar-refractivity contribution >= 4 is 27.4 Å². The second-order valence-electron chi connectivity index (χ2n) is 4.09. The number of nitrogens with zero attached hydrogens (tertiary/aromatic N) is 2. The Hall–Kier alpha value is -1.20. The first kappa shape index (κ1) is 12.3. The summed E-state index contributed by atoms with van der Waals surface area (Å²) in [6.07, 6.45) is 0.817. The van der Waals surface area contributed by atoms with E-state index in [9.17, 15) is 0 Å². The van der Waals surface area contributed by atoms with Gasteiger partial charge in [-0.3, -0.25) is 0 Å². The van der Waals surface area contributed by atoms with Gasteiger partial charge in [0.2, 0.25) is 0 Å². The first-order chi connectivity index (χ1) is 8.10.